The Balaban J connectivity index is 2.30. The van der Waals surface area contributed by atoms with E-state index in [1.807, 2.05) is 0 Å². The molecule has 0 aromatic heterocycles. The van der Waals surface area contributed by atoms with Crippen molar-refractivity contribution in [3.63, 3.8) is 0 Å². The Morgan fingerprint density at radius 3 is 2.86 bits per heavy atom. The molecule has 0 aromatic rings. The van der Waals surface area contributed by atoms with Gasteiger partial charge in [0, 0.05) is 12.5 Å². The Hall–Kier alpha value is -0.480. The van der Waals surface area contributed by atoms with Crippen molar-refractivity contribution in [2.24, 2.45) is 5.92 Å². The van der Waals surface area contributed by atoms with Gasteiger partial charge in [-0.05, 0) is 38.1 Å². The zero-order valence-corrected chi connectivity index (χ0v) is 9.39. The maximum atomic E-state index is 5.32. The van der Waals surface area contributed by atoms with E-state index in [-0.39, 0.29) is 0 Å². The van der Waals surface area contributed by atoms with Gasteiger partial charge in [-0.2, -0.15) is 0 Å². The van der Waals surface area contributed by atoms with Crippen LogP contribution >= 0.6 is 0 Å². The molecule has 1 heteroatoms. The number of rotatable bonds is 5. The van der Waals surface area contributed by atoms with E-state index in [9.17, 15) is 0 Å². The molecule has 0 spiro atoms. The summed E-state index contributed by atoms with van der Waals surface area (Å²) in [5.74, 6) is 3.60. The molecule has 2 unspecified atom stereocenters. The standard InChI is InChI=1S/C13H23N/c1-3-5-8-12-9-6-7-10-13(12)14-11-4-2/h1,12-14H,4-11H2,2H3. The molecule has 2 atom stereocenters. The second-order valence-electron chi connectivity index (χ2n) is 4.35. The summed E-state index contributed by atoms with van der Waals surface area (Å²) >= 11 is 0. The van der Waals surface area contributed by atoms with Crippen molar-refractivity contribution >= 4 is 0 Å². The van der Waals surface area contributed by atoms with Crippen LogP contribution in [0.2, 0.25) is 0 Å². The fourth-order valence-electron chi connectivity index (χ4n) is 2.42. The van der Waals surface area contributed by atoms with E-state index in [0.717, 1.165) is 24.9 Å². The molecule has 1 rings (SSSR count). The minimum atomic E-state index is 0.747. The summed E-state index contributed by atoms with van der Waals surface area (Å²) in [7, 11) is 0. The lowest BCUT2D eigenvalue weighted by Crippen LogP contribution is -2.38. The molecule has 80 valence electrons. The normalized spacial score (nSPS) is 27.1. The zero-order chi connectivity index (χ0) is 10.2. The van der Waals surface area contributed by atoms with Crippen molar-refractivity contribution in [2.45, 2.75) is 57.9 Å². The van der Waals surface area contributed by atoms with E-state index >= 15 is 0 Å². The molecule has 0 amide bonds. The molecule has 1 fully saturated rings. The SMILES string of the molecule is C#CCCC1CCCCC1NCCC. The highest BCUT2D eigenvalue weighted by Gasteiger charge is 2.23. The molecule has 0 aromatic carbocycles. The van der Waals surface area contributed by atoms with Crippen LogP contribution in [0.3, 0.4) is 0 Å². The van der Waals surface area contributed by atoms with Gasteiger partial charge in [0.25, 0.3) is 0 Å². The maximum Gasteiger partial charge on any atom is 0.00956 e. The van der Waals surface area contributed by atoms with E-state index in [1.165, 1.54) is 38.5 Å². The lowest BCUT2D eigenvalue weighted by molar-refractivity contribution is 0.252. The van der Waals surface area contributed by atoms with Crippen molar-refractivity contribution in [1.29, 1.82) is 0 Å². The monoisotopic (exact) mass is 193 g/mol. The van der Waals surface area contributed by atoms with Crippen LogP contribution in [-0.4, -0.2) is 12.6 Å². The van der Waals surface area contributed by atoms with Crippen molar-refractivity contribution in [3.8, 4) is 12.3 Å². The van der Waals surface area contributed by atoms with Crippen molar-refractivity contribution in [2.75, 3.05) is 6.54 Å². The highest BCUT2D eigenvalue weighted by molar-refractivity contribution is 4.88. The van der Waals surface area contributed by atoms with Crippen LogP contribution < -0.4 is 5.32 Å². The van der Waals surface area contributed by atoms with E-state index in [1.54, 1.807) is 0 Å². The molecule has 0 aliphatic heterocycles. The molecule has 1 nitrogen and oxygen atoms in total. The Morgan fingerprint density at radius 2 is 2.14 bits per heavy atom. The van der Waals surface area contributed by atoms with Crippen molar-refractivity contribution in [1.82, 2.24) is 5.32 Å². The molecule has 0 heterocycles. The minimum absolute atomic E-state index is 0.747. The zero-order valence-electron chi connectivity index (χ0n) is 9.39. The number of terminal acetylenes is 1. The molecular weight excluding hydrogens is 170 g/mol. The predicted octanol–water partition coefficient (Wildman–Crippen LogP) is 2.96. The molecule has 1 aliphatic carbocycles. The first-order chi connectivity index (χ1) is 6.88. The molecule has 1 saturated carbocycles. The van der Waals surface area contributed by atoms with Crippen LogP contribution in [0.4, 0.5) is 0 Å². The minimum Gasteiger partial charge on any atom is -0.314 e. The Labute approximate surface area is 88.7 Å². The predicted molar refractivity (Wildman–Crippen MR) is 62.1 cm³/mol. The molecular formula is C13H23N. The molecule has 0 saturated heterocycles. The van der Waals surface area contributed by atoms with E-state index in [0.29, 0.717) is 0 Å². The summed E-state index contributed by atoms with van der Waals surface area (Å²) in [4.78, 5) is 0. The van der Waals surface area contributed by atoms with Gasteiger partial charge in [-0.1, -0.05) is 19.8 Å². The maximum absolute atomic E-state index is 5.32. The van der Waals surface area contributed by atoms with Gasteiger partial charge >= 0.3 is 0 Å². The average molecular weight is 193 g/mol. The molecule has 1 aliphatic rings. The van der Waals surface area contributed by atoms with Gasteiger partial charge in [-0.3, -0.25) is 0 Å². The lowest BCUT2D eigenvalue weighted by atomic mass is 9.81. The topological polar surface area (TPSA) is 12.0 Å². The highest BCUT2D eigenvalue weighted by Crippen LogP contribution is 2.27. The Morgan fingerprint density at radius 1 is 1.36 bits per heavy atom. The van der Waals surface area contributed by atoms with Crippen LogP contribution in [-0.2, 0) is 0 Å². The van der Waals surface area contributed by atoms with E-state index < -0.39 is 0 Å². The summed E-state index contributed by atoms with van der Waals surface area (Å²) in [5, 5.41) is 3.66. The first-order valence-electron chi connectivity index (χ1n) is 6.05. The van der Waals surface area contributed by atoms with Gasteiger partial charge in [-0.15, -0.1) is 12.3 Å². The third-order valence-corrected chi connectivity index (χ3v) is 3.23. The van der Waals surface area contributed by atoms with Gasteiger partial charge in [0.1, 0.15) is 0 Å². The first-order valence-corrected chi connectivity index (χ1v) is 6.05. The summed E-state index contributed by atoms with van der Waals surface area (Å²) in [6, 6.07) is 0.747. The van der Waals surface area contributed by atoms with E-state index in [2.05, 4.69) is 18.2 Å². The molecule has 0 bridgehead atoms. The van der Waals surface area contributed by atoms with Gasteiger partial charge in [0.2, 0.25) is 0 Å². The molecule has 14 heavy (non-hydrogen) atoms. The lowest BCUT2D eigenvalue weighted by Gasteiger charge is -2.32. The van der Waals surface area contributed by atoms with Crippen LogP contribution in [0.1, 0.15) is 51.9 Å². The number of hydrogen-bond acceptors (Lipinski definition) is 1. The Kier molecular flexibility index (Phi) is 5.71. The van der Waals surface area contributed by atoms with Crippen LogP contribution in [0.25, 0.3) is 0 Å². The number of hydrogen-bond donors (Lipinski definition) is 1. The fraction of sp³-hybridized carbons (Fsp3) is 0.846. The third kappa shape index (κ3) is 3.72. The molecule has 0 radical (unpaired) electrons. The van der Waals surface area contributed by atoms with Gasteiger partial charge in [0.05, 0.1) is 0 Å². The Bertz CT molecular complexity index is 180. The summed E-state index contributed by atoms with van der Waals surface area (Å²) in [6.07, 6.45) is 14.3. The highest BCUT2D eigenvalue weighted by atomic mass is 14.9. The fourth-order valence-corrected chi connectivity index (χ4v) is 2.42. The quantitative estimate of drug-likeness (QED) is 0.662. The largest absolute Gasteiger partial charge is 0.314 e. The van der Waals surface area contributed by atoms with Crippen LogP contribution in [0.15, 0.2) is 0 Å². The van der Waals surface area contributed by atoms with Gasteiger partial charge in [-0.25, -0.2) is 0 Å². The second kappa shape index (κ2) is 6.90. The van der Waals surface area contributed by atoms with Crippen molar-refractivity contribution in [3.05, 3.63) is 0 Å². The van der Waals surface area contributed by atoms with E-state index in [4.69, 9.17) is 6.42 Å². The van der Waals surface area contributed by atoms with Crippen LogP contribution in [0.5, 0.6) is 0 Å². The summed E-state index contributed by atoms with van der Waals surface area (Å²) in [6.45, 7) is 3.39. The van der Waals surface area contributed by atoms with Gasteiger partial charge in [0.15, 0.2) is 0 Å². The smallest absolute Gasteiger partial charge is 0.00956 e. The summed E-state index contributed by atoms with van der Waals surface area (Å²) in [5.41, 5.74) is 0. The second-order valence-corrected chi connectivity index (χ2v) is 4.35. The summed E-state index contributed by atoms with van der Waals surface area (Å²) < 4.78 is 0. The molecule has 1 N–H and O–H groups in total. The average Bonchev–Trinajstić information content (AvgIpc) is 2.24. The van der Waals surface area contributed by atoms with Crippen molar-refractivity contribution < 1.29 is 0 Å². The third-order valence-electron chi connectivity index (χ3n) is 3.23. The van der Waals surface area contributed by atoms with Gasteiger partial charge < -0.3 is 5.32 Å². The van der Waals surface area contributed by atoms with Crippen LogP contribution in [0, 0.1) is 18.3 Å². The first kappa shape index (κ1) is 11.6. The number of nitrogens with one attached hydrogen (secondary N) is 1.